The number of rotatable bonds is 9. The normalized spacial score (nSPS) is 19.6. The number of aromatic nitrogens is 9. The van der Waals surface area contributed by atoms with E-state index in [0.717, 1.165) is 17.5 Å². The average Bonchev–Trinajstić information content (AvgIpc) is 3.75. The molecule has 4 aromatic heterocycles. The SMILES string of the molecule is COCCOC1(c2nn[nH]n2)CCC(c2nc3c(-c4cnn(-c5ccccc5)c4)cnn3c(N)c2S(C)(=O)=O)CC1. The molecule has 0 aliphatic heterocycles. The van der Waals surface area contributed by atoms with Crippen molar-refractivity contribution < 1.29 is 17.9 Å². The highest BCUT2D eigenvalue weighted by molar-refractivity contribution is 7.91. The number of nitrogens with one attached hydrogen (secondary N) is 1. The van der Waals surface area contributed by atoms with E-state index in [2.05, 4.69) is 30.8 Å². The molecule has 15 heteroatoms. The van der Waals surface area contributed by atoms with Crippen LogP contribution in [0.25, 0.3) is 22.5 Å². The van der Waals surface area contributed by atoms with Crippen LogP contribution in [0.2, 0.25) is 0 Å². The van der Waals surface area contributed by atoms with E-state index in [-0.39, 0.29) is 16.6 Å². The lowest BCUT2D eigenvalue weighted by atomic mass is 9.76. The van der Waals surface area contributed by atoms with Gasteiger partial charge in [0.25, 0.3) is 0 Å². The van der Waals surface area contributed by atoms with Gasteiger partial charge in [-0.1, -0.05) is 23.4 Å². The summed E-state index contributed by atoms with van der Waals surface area (Å²) in [7, 11) is -2.13. The van der Waals surface area contributed by atoms with Crippen molar-refractivity contribution in [3.05, 3.63) is 60.4 Å². The van der Waals surface area contributed by atoms with E-state index in [1.807, 2.05) is 36.5 Å². The Balaban J connectivity index is 1.39. The maximum Gasteiger partial charge on any atom is 0.206 e. The number of hydrogen-bond acceptors (Lipinski definition) is 11. The van der Waals surface area contributed by atoms with E-state index in [4.69, 9.17) is 20.2 Å². The molecule has 0 radical (unpaired) electrons. The van der Waals surface area contributed by atoms with Gasteiger partial charge >= 0.3 is 0 Å². The van der Waals surface area contributed by atoms with Crippen molar-refractivity contribution >= 4 is 21.3 Å². The number of fused-ring (bicyclic) bond motifs is 1. The van der Waals surface area contributed by atoms with Gasteiger partial charge in [-0.2, -0.15) is 19.9 Å². The van der Waals surface area contributed by atoms with Crippen LogP contribution in [0.3, 0.4) is 0 Å². The van der Waals surface area contributed by atoms with Gasteiger partial charge in [0.2, 0.25) is 5.82 Å². The zero-order valence-corrected chi connectivity index (χ0v) is 23.5. The Morgan fingerprint density at radius 1 is 1.12 bits per heavy atom. The third-order valence-corrected chi connectivity index (χ3v) is 8.71. The van der Waals surface area contributed by atoms with Crippen molar-refractivity contribution in [2.75, 3.05) is 32.3 Å². The Morgan fingerprint density at radius 3 is 2.59 bits per heavy atom. The summed E-state index contributed by atoms with van der Waals surface area (Å²) in [6, 6.07) is 9.73. The lowest BCUT2D eigenvalue weighted by Crippen LogP contribution is -2.37. The molecule has 3 N–H and O–H groups in total. The number of nitrogens with zero attached hydrogens (tertiary/aromatic N) is 8. The first-order chi connectivity index (χ1) is 19.8. The second-order valence-corrected chi connectivity index (χ2v) is 12.1. The lowest BCUT2D eigenvalue weighted by Gasteiger charge is -2.38. The number of tetrazole rings is 1. The number of ether oxygens (including phenoxy) is 2. The fourth-order valence-corrected chi connectivity index (χ4v) is 6.59. The fourth-order valence-electron chi connectivity index (χ4n) is 5.53. The Kier molecular flexibility index (Phi) is 7.01. The van der Waals surface area contributed by atoms with Gasteiger partial charge in [0.15, 0.2) is 15.5 Å². The fraction of sp³-hybridized carbons (Fsp3) is 0.385. The van der Waals surface area contributed by atoms with Crippen LogP contribution < -0.4 is 5.73 Å². The molecule has 0 unspecified atom stereocenters. The summed E-state index contributed by atoms with van der Waals surface area (Å²) >= 11 is 0. The molecule has 0 spiro atoms. The molecule has 1 saturated carbocycles. The number of benzene rings is 1. The van der Waals surface area contributed by atoms with Crippen LogP contribution in [0, 0.1) is 0 Å². The highest BCUT2D eigenvalue weighted by atomic mass is 32.2. The highest BCUT2D eigenvalue weighted by Gasteiger charge is 2.43. The molecule has 0 bridgehead atoms. The summed E-state index contributed by atoms with van der Waals surface area (Å²) in [5.41, 5.74) is 9.00. The van der Waals surface area contributed by atoms with Crippen LogP contribution in [0.1, 0.15) is 43.1 Å². The topological polar surface area (TPSA) is 181 Å². The molecule has 0 saturated heterocycles. The Morgan fingerprint density at radius 2 is 1.90 bits per heavy atom. The number of methoxy groups -OCH3 is 1. The molecule has 41 heavy (non-hydrogen) atoms. The van der Waals surface area contributed by atoms with Crippen LogP contribution in [0.5, 0.6) is 0 Å². The molecule has 214 valence electrons. The van der Waals surface area contributed by atoms with Crippen molar-refractivity contribution in [3.63, 3.8) is 0 Å². The molecule has 1 aromatic carbocycles. The first-order valence-electron chi connectivity index (χ1n) is 13.2. The Hall–Kier alpha value is -4.21. The zero-order valence-electron chi connectivity index (χ0n) is 22.6. The number of nitrogens with two attached hydrogens (primary N) is 1. The minimum absolute atomic E-state index is 0.00278. The third-order valence-electron chi connectivity index (χ3n) is 7.55. The molecule has 1 fully saturated rings. The minimum Gasteiger partial charge on any atom is -0.382 e. The molecule has 5 aromatic rings. The van der Waals surface area contributed by atoms with Crippen LogP contribution >= 0.6 is 0 Å². The van der Waals surface area contributed by atoms with Crippen LogP contribution in [0.15, 0.2) is 53.8 Å². The zero-order chi connectivity index (χ0) is 28.6. The molecular weight excluding hydrogens is 548 g/mol. The van der Waals surface area contributed by atoms with Gasteiger partial charge in [-0.05, 0) is 37.8 Å². The van der Waals surface area contributed by atoms with Crippen molar-refractivity contribution in [2.24, 2.45) is 0 Å². The maximum atomic E-state index is 13.0. The van der Waals surface area contributed by atoms with Gasteiger partial charge in [-0.25, -0.2) is 18.1 Å². The van der Waals surface area contributed by atoms with Crippen LogP contribution in [0.4, 0.5) is 5.82 Å². The summed E-state index contributed by atoms with van der Waals surface area (Å²) in [6.07, 6.45) is 8.59. The predicted molar refractivity (Wildman–Crippen MR) is 148 cm³/mol. The van der Waals surface area contributed by atoms with Crippen LogP contribution in [-0.2, 0) is 24.9 Å². The molecule has 4 heterocycles. The predicted octanol–water partition coefficient (Wildman–Crippen LogP) is 2.30. The van der Waals surface area contributed by atoms with Gasteiger partial charge in [-0.15, -0.1) is 10.2 Å². The number of anilines is 1. The number of H-pyrrole nitrogens is 1. The van der Waals surface area contributed by atoms with Gasteiger partial charge in [0, 0.05) is 36.6 Å². The number of sulfone groups is 1. The largest absolute Gasteiger partial charge is 0.382 e. The van der Waals surface area contributed by atoms with E-state index in [1.54, 1.807) is 24.2 Å². The van der Waals surface area contributed by atoms with Gasteiger partial charge in [0.05, 0.1) is 37.0 Å². The Bertz CT molecular complexity index is 1760. The standard InChI is InChI=1S/C26H30N10O4S/c1-39-12-13-40-26(25-31-33-34-32-25)10-8-17(9-11-26)21-22(41(2,37)38)23(27)36-24(30-21)20(15-29-36)18-14-28-35(16-18)19-6-4-3-5-7-19/h3-7,14-17H,8-13,27H2,1-2H3,(H,31,32,33,34). The second kappa shape index (κ2) is 10.6. The van der Waals surface area contributed by atoms with Gasteiger partial charge in [-0.3, -0.25) is 0 Å². The summed E-state index contributed by atoms with van der Waals surface area (Å²) in [5, 5.41) is 23.5. The number of aromatic amines is 1. The first kappa shape index (κ1) is 27.0. The lowest BCUT2D eigenvalue weighted by molar-refractivity contribution is -0.0979. The molecule has 1 aliphatic rings. The van der Waals surface area contributed by atoms with E-state index in [0.29, 0.717) is 61.6 Å². The van der Waals surface area contributed by atoms with Crippen molar-refractivity contribution in [3.8, 4) is 16.8 Å². The minimum atomic E-state index is -3.73. The monoisotopic (exact) mass is 578 g/mol. The summed E-state index contributed by atoms with van der Waals surface area (Å²) in [6.45, 7) is 0.776. The summed E-state index contributed by atoms with van der Waals surface area (Å²) in [4.78, 5) is 4.92. The summed E-state index contributed by atoms with van der Waals surface area (Å²) in [5.74, 6) is 0.292. The maximum absolute atomic E-state index is 13.0. The quantitative estimate of drug-likeness (QED) is 0.245. The average molecular weight is 579 g/mol. The van der Waals surface area contributed by atoms with Crippen LogP contribution in [-0.4, -0.2) is 80.0 Å². The molecule has 0 atom stereocenters. The highest BCUT2D eigenvalue weighted by Crippen LogP contribution is 2.46. The van der Waals surface area contributed by atoms with Crippen molar-refractivity contribution in [1.82, 2.24) is 45.0 Å². The van der Waals surface area contributed by atoms with E-state index >= 15 is 0 Å². The molecule has 0 amide bonds. The van der Waals surface area contributed by atoms with Crippen molar-refractivity contribution in [2.45, 2.75) is 42.1 Å². The molecule has 1 aliphatic carbocycles. The van der Waals surface area contributed by atoms with Crippen molar-refractivity contribution in [1.29, 1.82) is 0 Å². The van der Waals surface area contributed by atoms with E-state index in [9.17, 15) is 8.42 Å². The molecule has 14 nitrogen and oxygen atoms in total. The third kappa shape index (κ3) is 4.96. The second-order valence-electron chi connectivity index (χ2n) is 10.1. The number of para-hydroxylation sites is 1. The first-order valence-corrected chi connectivity index (χ1v) is 15.0. The smallest absolute Gasteiger partial charge is 0.206 e. The van der Waals surface area contributed by atoms with E-state index < -0.39 is 15.4 Å². The molecule has 6 rings (SSSR count). The van der Waals surface area contributed by atoms with Gasteiger partial charge < -0.3 is 15.2 Å². The van der Waals surface area contributed by atoms with Gasteiger partial charge in [0.1, 0.15) is 16.3 Å². The Labute approximate surface area is 235 Å². The summed E-state index contributed by atoms with van der Waals surface area (Å²) < 4.78 is 40.6. The molecular formula is C26H30N10O4S. The number of hydrogen-bond donors (Lipinski definition) is 2. The van der Waals surface area contributed by atoms with E-state index in [1.165, 1.54) is 4.52 Å². The number of nitrogen functional groups attached to an aromatic ring is 1.